The Balaban J connectivity index is 2.54. The molecule has 1 aromatic rings. The maximum atomic E-state index is 8.56. The second-order valence-electron chi connectivity index (χ2n) is 6.57. The Morgan fingerprint density at radius 1 is 1.20 bits per heavy atom. The zero-order chi connectivity index (χ0) is 14.9. The SMILES string of the molecule is CN(C)c1ccc(C2=CC=CC2)c(C(=N)C(C)(C)C)c1. The van der Waals surface area contributed by atoms with Crippen molar-refractivity contribution < 1.29 is 0 Å². The van der Waals surface area contributed by atoms with Crippen LogP contribution < -0.4 is 4.90 Å². The van der Waals surface area contributed by atoms with E-state index in [1.807, 2.05) is 14.1 Å². The van der Waals surface area contributed by atoms with E-state index in [2.05, 4.69) is 62.1 Å². The van der Waals surface area contributed by atoms with Crippen LogP contribution in [-0.2, 0) is 0 Å². The van der Waals surface area contributed by atoms with Crippen molar-refractivity contribution in [2.45, 2.75) is 27.2 Å². The number of benzene rings is 1. The molecule has 0 radical (unpaired) electrons. The van der Waals surface area contributed by atoms with Gasteiger partial charge in [-0.2, -0.15) is 0 Å². The molecule has 0 saturated carbocycles. The van der Waals surface area contributed by atoms with E-state index >= 15 is 0 Å². The van der Waals surface area contributed by atoms with Crippen LogP contribution >= 0.6 is 0 Å². The molecule has 1 N–H and O–H groups in total. The monoisotopic (exact) mass is 268 g/mol. The molecule has 0 bridgehead atoms. The molecular formula is C18H24N2. The van der Waals surface area contributed by atoms with Crippen LogP contribution in [0, 0.1) is 10.8 Å². The standard InChI is InChI=1S/C18H24N2/c1-18(2,3)17(19)16-12-14(20(4)5)10-11-15(16)13-8-6-7-9-13/h6-8,10-12,19H,9H2,1-5H3. The second-order valence-corrected chi connectivity index (χ2v) is 6.57. The molecule has 0 aromatic heterocycles. The van der Waals surface area contributed by atoms with Crippen molar-refractivity contribution in [3.63, 3.8) is 0 Å². The molecule has 0 amide bonds. The Morgan fingerprint density at radius 2 is 1.90 bits per heavy atom. The topological polar surface area (TPSA) is 27.1 Å². The third-order valence-corrected chi connectivity index (χ3v) is 3.66. The number of hydrogen-bond acceptors (Lipinski definition) is 2. The first-order chi connectivity index (χ1) is 9.30. The predicted molar refractivity (Wildman–Crippen MR) is 88.8 cm³/mol. The molecule has 1 aliphatic rings. The molecule has 1 aliphatic carbocycles. The Bertz CT molecular complexity index is 584. The summed E-state index contributed by atoms with van der Waals surface area (Å²) in [6.07, 6.45) is 7.38. The summed E-state index contributed by atoms with van der Waals surface area (Å²) in [4.78, 5) is 2.09. The molecule has 106 valence electrons. The third kappa shape index (κ3) is 2.84. The lowest BCUT2D eigenvalue weighted by molar-refractivity contribution is 0.588. The van der Waals surface area contributed by atoms with Crippen molar-refractivity contribution in [2.75, 3.05) is 19.0 Å². The van der Waals surface area contributed by atoms with Crippen molar-refractivity contribution >= 4 is 17.0 Å². The molecule has 0 unspecified atom stereocenters. The minimum Gasteiger partial charge on any atom is -0.378 e. The van der Waals surface area contributed by atoms with Gasteiger partial charge in [0, 0.05) is 36.5 Å². The lowest BCUT2D eigenvalue weighted by Gasteiger charge is -2.24. The van der Waals surface area contributed by atoms with Gasteiger partial charge in [-0.05, 0) is 29.7 Å². The lowest BCUT2D eigenvalue weighted by Crippen LogP contribution is -2.22. The summed E-state index contributed by atoms with van der Waals surface area (Å²) in [6.45, 7) is 6.30. The van der Waals surface area contributed by atoms with Crippen LogP contribution in [-0.4, -0.2) is 19.8 Å². The molecule has 0 fully saturated rings. The molecular weight excluding hydrogens is 244 g/mol. The highest BCUT2D eigenvalue weighted by Crippen LogP contribution is 2.32. The average molecular weight is 268 g/mol. The van der Waals surface area contributed by atoms with E-state index < -0.39 is 0 Å². The molecule has 0 saturated heterocycles. The van der Waals surface area contributed by atoms with Crippen molar-refractivity contribution in [3.8, 4) is 0 Å². The van der Waals surface area contributed by atoms with Gasteiger partial charge < -0.3 is 10.3 Å². The highest BCUT2D eigenvalue weighted by molar-refractivity contribution is 6.06. The average Bonchev–Trinajstić information content (AvgIpc) is 2.89. The Labute approximate surface area is 122 Å². The Morgan fingerprint density at radius 3 is 2.40 bits per heavy atom. The van der Waals surface area contributed by atoms with E-state index in [4.69, 9.17) is 5.41 Å². The predicted octanol–water partition coefficient (Wildman–Crippen LogP) is 4.51. The fourth-order valence-electron chi connectivity index (χ4n) is 2.35. The first kappa shape index (κ1) is 14.6. The molecule has 1 aromatic carbocycles. The van der Waals surface area contributed by atoms with Gasteiger partial charge in [0.05, 0.1) is 0 Å². The van der Waals surface area contributed by atoms with Crippen molar-refractivity contribution in [1.82, 2.24) is 0 Å². The van der Waals surface area contributed by atoms with E-state index in [1.165, 1.54) is 11.1 Å². The van der Waals surface area contributed by atoms with Crippen LogP contribution in [0.2, 0.25) is 0 Å². The highest BCUT2D eigenvalue weighted by Gasteiger charge is 2.23. The maximum Gasteiger partial charge on any atom is 0.0446 e. The van der Waals surface area contributed by atoms with Gasteiger partial charge in [-0.3, -0.25) is 0 Å². The molecule has 0 atom stereocenters. The van der Waals surface area contributed by atoms with Crippen molar-refractivity contribution in [1.29, 1.82) is 5.41 Å². The van der Waals surface area contributed by atoms with Gasteiger partial charge in [-0.25, -0.2) is 0 Å². The minimum absolute atomic E-state index is 0.147. The number of hydrogen-bond donors (Lipinski definition) is 1. The van der Waals surface area contributed by atoms with Gasteiger partial charge in [-0.1, -0.05) is 45.1 Å². The fraction of sp³-hybridized carbons (Fsp3) is 0.389. The van der Waals surface area contributed by atoms with E-state index in [-0.39, 0.29) is 5.41 Å². The molecule has 2 nitrogen and oxygen atoms in total. The second kappa shape index (κ2) is 5.28. The summed E-state index contributed by atoms with van der Waals surface area (Å²) in [6, 6.07) is 6.43. The molecule has 2 rings (SSSR count). The van der Waals surface area contributed by atoms with E-state index in [0.717, 1.165) is 17.7 Å². The van der Waals surface area contributed by atoms with Gasteiger partial charge in [0.2, 0.25) is 0 Å². The van der Waals surface area contributed by atoms with Crippen molar-refractivity contribution in [3.05, 3.63) is 47.6 Å². The summed E-state index contributed by atoms with van der Waals surface area (Å²) in [7, 11) is 4.08. The number of anilines is 1. The van der Waals surface area contributed by atoms with E-state index in [0.29, 0.717) is 5.71 Å². The Kier molecular flexibility index (Phi) is 3.85. The number of nitrogens with one attached hydrogen (secondary N) is 1. The van der Waals surface area contributed by atoms with Crippen LogP contribution in [0.25, 0.3) is 5.57 Å². The van der Waals surface area contributed by atoms with E-state index in [1.54, 1.807) is 0 Å². The summed E-state index contributed by atoms with van der Waals surface area (Å²) >= 11 is 0. The van der Waals surface area contributed by atoms with Crippen LogP contribution in [0.15, 0.2) is 36.4 Å². The maximum absolute atomic E-state index is 8.56. The number of rotatable bonds is 3. The quantitative estimate of drug-likeness (QED) is 0.802. The summed E-state index contributed by atoms with van der Waals surface area (Å²) in [5.41, 5.74) is 5.25. The normalized spacial score (nSPS) is 14.3. The van der Waals surface area contributed by atoms with Gasteiger partial charge in [0.1, 0.15) is 0 Å². The fourth-order valence-corrected chi connectivity index (χ4v) is 2.35. The van der Waals surface area contributed by atoms with Crippen LogP contribution in [0.4, 0.5) is 5.69 Å². The van der Waals surface area contributed by atoms with E-state index in [9.17, 15) is 0 Å². The summed E-state index contributed by atoms with van der Waals surface area (Å²) in [5, 5.41) is 8.56. The van der Waals surface area contributed by atoms with Gasteiger partial charge in [-0.15, -0.1) is 0 Å². The molecule has 0 spiro atoms. The van der Waals surface area contributed by atoms with Crippen LogP contribution in [0.3, 0.4) is 0 Å². The first-order valence-electron chi connectivity index (χ1n) is 7.07. The first-order valence-corrected chi connectivity index (χ1v) is 7.07. The molecule has 20 heavy (non-hydrogen) atoms. The highest BCUT2D eigenvalue weighted by atomic mass is 15.1. The zero-order valence-corrected chi connectivity index (χ0v) is 13.1. The smallest absolute Gasteiger partial charge is 0.0446 e. The van der Waals surface area contributed by atoms with Gasteiger partial charge in [0.15, 0.2) is 0 Å². The molecule has 0 heterocycles. The summed E-state index contributed by atoms with van der Waals surface area (Å²) in [5.74, 6) is 0. The van der Waals surface area contributed by atoms with Crippen LogP contribution in [0.1, 0.15) is 38.3 Å². The number of allylic oxidation sites excluding steroid dienone is 4. The summed E-state index contributed by atoms with van der Waals surface area (Å²) < 4.78 is 0. The molecule has 2 heteroatoms. The van der Waals surface area contributed by atoms with Gasteiger partial charge in [0.25, 0.3) is 0 Å². The van der Waals surface area contributed by atoms with Crippen LogP contribution in [0.5, 0.6) is 0 Å². The zero-order valence-electron chi connectivity index (χ0n) is 13.1. The largest absolute Gasteiger partial charge is 0.378 e. The number of nitrogens with zero attached hydrogens (tertiary/aromatic N) is 1. The Hall–Kier alpha value is -1.83. The third-order valence-electron chi connectivity index (χ3n) is 3.66. The molecule has 0 aliphatic heterocycles. The lowest BCUT2D eigenvalue weighted by atomic mass is 9.82. The minimum atomic E-state index is -0.147. The van der Waals surface area contributed by atoms with Crippen molar-refractivity contribution in [2.24, 2.45) is 5.41 Å². The van der Waals surface area contributed by atoms with Gasteiger partial charge >= 0.3 is 0 Å².